The van der Waals surface area contributed by atoms with E-state index in [0.717, 1.165) is 5.69 Å². The molecule has 0 fully saturated rings. The van der Waals surface area contributed by atoms with Gasteiger partial charge in [0.25, 0.3) is 0 Å². The molecule has 108 valence electrons. The first-order chi connectivity index (χ1) is 10.1. The summed E-state index contributed by atoms with van der Waals surface area (Å²) in [6.45, 7) is 1.69. The maximum absolute atomic E-state index is 13.9. The number of aryl methyl sites for hydroxylation is 2. The zero-order chi connectivity index (χ0) is 15.0. The molecule has 5 heteroatoms. The van der Waals surface area contributed by atoms with Gasteiger partial charge in [-0.2, -0.15) is 0 Å². The molecule has 0 saturated carbocycles. The lowest BCUT2D eigenvalue weighted by molar-refractivity contribution is 0.618. The number of para-hydroxylation sites is 1. The van der Waals surface area contributed by atoms with Crippen molar-refractivity contribution in [2.24, 2.45) is 0 Å². The fraction of sp³-hybridized carbons (Fsp3) is 0.188. The Balaban J connectivity index is 2.30. The summed E-state index contributed by atoms with van der Waals surface area (Å²) >= 11 is 5.81. The standard InChI is InChI=1S/C16H13ClF2N2/c1-10-9-11(5-6-12(10)18)21-14-4-2-3-13(19)16(14)20-15(21)7-8-17/h2-6,9H,7-8H2,1H3. The van der Waals surface area contributed by atoms with Gasteiger partial charge in [-0.25, -0.2) is 13.8 Å². The lowest BCUT2D eigenvalue weighted by atomic mass is 10.2. The van der Waals surface area contributed by atoms with E-state index in [2.05, 4.69) is 4.98 Å². The van der Waals surface area contributed by atoms with Crippen molar-refractivity contribution in [1.82, 2.24) is 9.55 Å². The molecule has 3 aromatic rings. The summed E-state index contributed by atoms with van der Waals surface area (Å²) in [4.78, 5) is 4.34. The molecule has 21 heavy (non-hydrogen) atoms. The molecule has 0 aliphatic carbocycles. The van der Waals surface area contributed by atoms with Crippen LogP contribution in [0.15, 0.2) is 36.4 Å². The van der Waals surface area contributed by atoms with E-state index >= 15 is 0 Å². The van der Waals surface area contributed by atoms with Crippen LogP contribution >= 0.6 is 11.6 Å². The average Bonchev–Trinajstić information content (AvgIpc) is 2.82. The van der Waals surface area contributed by atoms with Gasteiger partial charge in [0.2, 0.25) is 0 Å². The molecule has 0 atom stereocenters. The number of fused-ring (bicyclic) bond motifs is 1. The molecule has 0 spiro atoms. The van der Waals surface area contributed by atoms with Gasteiger partial charge in [-0.15, -0.1) is 11.6 Å². The molecular formula is C16H13ClF2N2. The Labute approximate surface area is 126 Å². The van der Waals surface area contributed by atoms with Crippen LogP contribution in [-0.4, -0.2) is 15.4 Å². The quantitative estimate of drug-likeness (QED) is 0.656. The summed E-state index contributed by atoms with van der Waals surface area (Å²) in [6, 6.07) is 9.59. The van der Waals surface area contributed by atoms with Crippen molar-refractivity contribution >= 4 is 22.6 Å². The van der Waals surface area contributed by atoms with Gasteiger partial charge in [0.1, 0.15) is 17.2 Å². The Kier molecular flexibility index (Phi) is 3.64. The van der Waals surface area contributed by atoms with E-state index in [1.54, 1.807) is 31.2 Å². The largest absolute Gasteiger partial charge is 0.296 e. The lowest BCUT2D eigenvalue weighted by Crippen LogP contribution is -2.03. The van der Waals surface area contributed by atoms with Crippen molar-refractivity contribution < 1.29 is 8.78 Å². The summed E-state index contributed by atoms with van der Waals surface area (Å²) in [6.07, 6.45) is 0.506. The van der Waals surface area contributed by atoms with Gasteiger partial charge in [0.05, 0.1) is 5.52 Å². The number of aromatic nitrogens is 2. The summed E-state index contributed by atoms with van der Waals surface area (Å²) < 4.78 is 29.2. The molecule has 1 heterocycles. The molecule has 3 rings (SSSR count). The Hall–Kier alpha value is -1.94. The molecule has 0 N–H and O–H groups in total. The third-order valence-electron chi connectivity index (χ3n) is 3.42. The Morgan fingerprint density at radius 1 is 1.14 bits per heavy atom. The van der Waals surface area contributed by atoms with Crippen molar-refractivity contribution in [2.75, 3.05) is 5.88 Å². The molecule has 0 aliphatic rings. The predicted molar refractivity (Wildman–Crippen MR) is 80.1 cm³/mol. The number of imidazole rings is 1. The third-order valence-corrected chi connectivity index (χ3v) is 3.61. The molecule has 2 nitrogen and oxygen atoms in total. The van der Waals surface area contributed by atoms with E-state index < -0.39 is 0 Å². The summed E-state index contributed by atoms with van der Waals surface area (Å²) in [5, 5.41) is 0. The van der Waals surface area contributed by atoms with Crippen LogP contribution in [0.1, 0.15) is 11.4 Å². The fourth-order valence-corrected chi connectivity index (χ4v) is 2.59. The second-order valence-corrected chi connectivity index (χ2v) is 5.22. The summed E-state index contributed by atoms with van der Waals surface area (Å²) in [7, 11) is 0. The average molecular weight is 307 g/mol. The van der Waals surface area contributed by atoms with Crippen molar-refractivity contribution in [3.05, 3.63) is 59.4 Å². The van der Waals surface area contributed by atoms with Gasteiger partial charge in [0.15, 0.2) is 5.82 Å². The molecule has 2 aromatic carbocycles. The second kappa shape index (κ2) is 5.45. The minimum Gasteiger partial charge on any atom is -0.296 e. The van der Waals surface area contributed by atoms with E-state index in [1.165, 1.54) is 12.1 Å². The normalized spacial score (nSPS) is 11.2. The van der Waals surface area contributed by atoms with Gasteiger partial charge in [-0.1, -0.05) is 6.07 Å². The predicted octanol–water partition coefficient (Wildman–Crippen LogP) is 4.39. The van der Waals surface area contributed by atoms with Crippen LogP contribution < -0.4 is 0 Å². The number of nitrogens with zero attached hydrogens (tertiary/aromatic N) is 2. The first-order valence-electron chi connectivity index (χ1n) is 6.60. The van der Waals surface area contributed by atoms with E-state index in [-0.39, 0.29) is 11.6 Å². The highest BCUT2D eigenvalue weighted by Crippen LogP contribution is 2.25. The summed E-state index contributed by atoms with van der Waals surface area (Å²) in [5.74, 6) is 0.399. The molecule has 0 saturated heterocycles. The van der Waals surface area contributed by atoms with Crippen LogP contribution in [0.5, 0.6) is 0 Å². The first kappa shape index (κ1) is 14.0. The molecule has 0 bridgehead atoms. The van der Waals surface area contributed by atoms with Gasteiger partial charge >= 0.3 is 0 Å². The topological polar surface area (TPSA) is 17.8 Å². The number of hydrogen-bond donors (Lipinski definition) is 0. The second-order valence-electron chi connectivity index (χ2n) is 4.84. The van der Waals surface area contributed by atoms with Crippen LogP contribution in [0.25, 0.3) is 16.7 Å². The smallest absolute Gasteiger partial charge is 0.151 e. The van der Waals surface area contributed by atoms with Crippen molar-refractivity contribution in [3.63, 3.8) is 0 Å². The van der Waals surface area contributed by atoms with Crippen molar-refractivity contribution in [2.45, 2.75) is 13.3 Å². The van der Waals surface area contributed by atoms with Gasteiger partial charge in [-0.3, -0.25) is 4.57 Å². The monoisotopic (exact) mass is 306 g/mol. The zero-order valence-corrected chi connectivity index (χ0v) is 12.2. The van der Waals surface area contributed by atoms with Crippen LogP contribution in [0.4, 0.5) is 8.78 Å². The Morgan fingerprint density at radius 3 is 2.67 bits per heavy atom. The number of rotatable bonds is 3. The van der Waals surface area contributed by atoms with Gasteiger partial charge < -0.3 is 0 Å². The SMILES string of the molecule is Cc1cc(-n2c(CCCl)nc3c(F)cccc32)ccc1F. The van der Waals surface area contributed by atoms with E-state index in [0.29, 0.717) is 34.7 Å². The zero-order valence-electron chi connectivity index (χ0n) is 11.4. The molecule has 0 unspecified atom stereocenters. The maximum atomic E-state index is 13.9. The van der Waals surface area contributed by atoms with E-state index in [9.17, 15) is 8.78 Å². The maximum Gasteiger partial charge on any atom is 0.151 e. The van der Waals surface area contributed by atoms with Crippen molar-refractivity contribution in [3.8, 4) is 5.69 Å². The van der Waals surface area contributed by atoms with Crippen LogP contribution in [-0.2, 0) is 6.42 Å². The molecular weight excluding hydrogens is 294 g/mol. The number of alkyl halides is 1. The third kappa shape index (κ3) is 2.40. The molecule has 0 radical (unpaired) electrons. The lowest BCUT2D eigenvalue weighted by Gasteiger charge is -2.10. The summed E-state index contributed by atoms with van der Waals surface area (Å²) in [5.41, 5.74) is 2.24. The highest BCUT2D eigenvalue weighted by molar-refractivity contribution is 6.17. The van der Waals surface area contributed by atoms with Crippen molar-refractivity contribution in [1.29, 1.82) is 0 Å². The number of hydrogen-bond acceptors (Lipinski definition) is 1. The van der Waals surface area contributed by atoms with Crippen LogP contribution in [0.3, 0.4) is 0 Å². The fourth-order valence-electron chi connectivity index (χ4n) is 2.42. The number of benzene rings is 2. The Bertz CT molecular complexity index is 811. The Morgan fingerprint density at radius 2 is 1.95 bits per heavy atom. The van der Waals surface area contributed by atoms with Crippen LogP contribution in [0.2, 0.25) is 0 Å². The number of halogens is 3. The van der Waals surface area contributed by atoms with Gasteiger partial charge in [0, 0.05) is 18.0 Å². The molecule has 1 aromatic heterocycles. The molecule has 0 amide bonds. The highest BCUT2D eigenvalue weighted by Gasteiger charge is 2.15. The van der Waals surface area contributed by atoms with Crippen LogP contribution in [0, 0.1) is 18.6 Å². The highest BCUT2D eigenvalue weighted by atomic mass is 35.5. The molecule has 0 aliphatic heterocycles. The van der Waals surface area contributed by atoms with Gasteiger partial charge in [-0.05, 0) is 42.8 Å². The first-order valence-corrected chi connectivity index (χ1v) is 7.13. The minimum absolute atomic E-state index is 0.270. The minimum atomic E-state index is -0.374. The van der Waals surface area contributed by atoms with E-state index in [1.807, 2.05) is 4.57 Å². The van der Waals surface area contributed by atoms with E-state index in [4.69, 9.17) is 11.6 Å².